The second-order valence-corrected chi connectivity index (χ2v) is 5.68. The van der Waals surface area contributed by atoms with Gasteiger partial charge < -0.3 is 14.8 Å². The van der Waals surface area contributed by atoms with Crippen molar-refractivity contribution in [2.45, 2.75) is 26.2 Å². The van der Waals surface area contributed by atoms with E-state index < -0.39 is 24.3 Å². The molecule has 0 atom stereocenters. The third kappa shape index (κ3) is 6.20. The summed E-state index contributed by atoms with van der Waals surface area (Å²) in [6, 6.07) is 12.3. The summed E-state index contributed by atoms with van der Waals surface area (Å²) in [6.45, 7) is 2.26. The predicted octanol–water partition coefficient (Wildman–Crippen LogP) is 4.19. The second-order valence-electron chi connectivity index (χ2n) is 5.68. The molecule has 138 valence electrons. The summed E-state index contributed by atoms with van der Waals surface area (Å²) in [7, 11) is 0. The molecule has 0 saturated carbocycles. The first kappa shape index (κ1) is 19.4. The van der Waals surface area contributed by atoms with E-state index in [0.29, 0.717) is 17.9 Å². The minimum atomic E-state index is -0.633. The fourth-order valence-electron chi connectivity index (χ4n) is 2.19. The van der Waals surface area contributed by atoms with Crippen molar-refractivity contribution < 1.29 is 23.5 Å². The Kier molecular flexibility index (Phi) is 7.61. The van der Waals surface area contributed by atoms with Crippen LogP contribution in [0, 0.1) is 5.82 Å². The van der Waals surface area contributed by atoms with Crippen LogP contribution in [0.3, 0.4) is 0 Å². The number of benzene rings is 2. The maximum Gasteiger partial charge on any atom is 0.338 e. The molecule has 0 radical (unpaired) electrons. The number of ether oxygens (including phenoxy) is 2. The van der Waals surface area contributed by atoms with E-state index >= 15 is 0 Å². The van der Waals surface area contributed by atoms with Crippen LogP contribution in [0.5, 0.6) is 5.75 Å². The molecule has 0 aliphatic heterocycles. The number of unbranched alkanes of at least 4 members (excludes halogenated alkanes) is 2. The number of amides is 1. The number of para-hydroxylation sites is 1. The SMILES string of the molecule is CCCCCOc1ccc(C(=O)OCC(=O)Nc2ccccc2F)cc1. The van der Waals surface area contributed by atoms with E-state index in [9.17, 15) is 14.0 Å². The van der Waals surface area contributed by atoms with Gasteiger partial charge in [0.1, 0.15) is 11.6 Å². The normalized spacial score (nSPS) is 10.2. The first-order valence-corrected chi connectivity index (χ1v) is 8.54. The van der Waals surface area contributed by atoms with Crippen LogP contribution in [0.2, 0.25) is 0 Å². The Hall–Kier alpha value is -2.89. The Bertz CT molecular complexity index is 731. The lowest BCUT2D eigenvalue weighted by atomic mass is 10.2. The van der Waals surface area contributed by atoms with Gasteiger partial charge >= 0.3 is 5.97 Å². The Labute approximate surface area is 152 Å². The predicted molar refractivity (Wildman–Crippen MR) is 96.8 cm³/mol. The Morgan fingerprint density at radius 3 is 2.46 bits per heavy atom. The van der Waals surface area contributed by atoms with Crippen molar-refractivity contribution in [3.05, 3.63) is 59.9 Å². The number of nitrogens with one attached hydrogen (secondary N) is 1. The van der Waals surface area contributed by atoms with Crippen LogP contribution < -0.4 is 10.1 Å². The van der Waals surface area contributed by atoms with E-state index in [1.807, 2.05) is 0 Å². The second kappa shape index (κ2) is 10.2. The summed E-state index contributed by atoms with van der Waals surface area (Å²) >= 11 is 0. The van der Waals surface area contributed by atoms with Gasteiger partial charge in [0.15, 0.2) is 6.61 Å². The average molecular weight is 359 g/mol. The van der Waals surface area contributed by atoms with Crippen LogP contribution in [0.15, 0.2) is 48.5 Å². The van der Waals surface area contributed by atoms with Gasteiger partial charge in [-0.15, -0.1) is 0 Å². The molecule has 1 N–H and O–H groups in total. The number of hydrogen-bond donors (Lipinski definition) is 1. The smallest absolute Gasteiger partial charge is 0.338 e. The van der Waals surface area contributed by atoms with Crippen molar-refractivity contribution in [2.24, 2.45) is 0 Å². The van der Waals surface area contributed by atoms with Crippen molar-refractivity contribution in [1.29, 1.82) is 0 Å². The summed E-state index contributed by atoms with van der Waals surface area (Å²) in [5.74, 6) is -1.12. The van der Waals surface area contributed by atoms with Gasteiger partial charge in [0.25, 0.3) is 5.91 Å². The lowest BCUT2D eigenvalue weighted by Gasteiger charge is -2.08. The molecule has 2 rings (SSSR count). The number of carbonyl (C=O) groups is 2. The molecule has 0 bridgehead atoms. The van der Waals surface area contributed by atoms with E-state index in [-0.39, 0.29) is 5.69 Å². The Balaban J connectivity index is 1.78. The quantitative estimate of drug-likeness (QED) is 0.539. The van der Waals surface area contributed by atoms with Crippen LogP contribution >= 0.6 is 0 Å². The number of carbonyl (C=O) groups excluding carboxylic acids is 2. The molecule has 1 amide bonds. The van der Waals surface area contributed by atoms with Crippen molar-refractivity contribution >= 4 is 17.6 Å². The lowest BCUT2D eigenvalue weighted by Crippen LogP contribution is -2.21. The highest BCUT2D eigenvalue weighted by atomic mass is 19.1. The van der Waals surface area contributed by atoms with Gasteiger partial charge in [-0.3, -0.25) is 4.79 Å². The zero-order valence-corrected chi connectivity index (χ0v) is 14.7. The topological polar surface area (TPSA) is 64.6 Å². The van der Waals surface area contributed by atoms with Crippen molar-refractivity contribution in [1.82, 2.24) is 0 Å². The number of rotatable bonds is 9. The molecular formula is C20H22FNO4. The van der Waals surface area contributed by atoms with Gasteiger partial charge in [-0.2, -0.15) is 0 Å². The molecule has 26 heavy (non-hydrogen) atoms. The van der Waals surface area contributed by atoms with Crippen LogP contribution in [-0.4, -0.2) is 25.1 Å². The van der Waals surface area contributed by atoms with Crippen molar-refractivity contribution in [3.8, 4) is 5.75 Å². The highest BCUT2D eigenvalue weighted by Crippen LogP contribution is 2.14. The third-order valence-electron chi connectivity index (χ3n) is 3.59. The van der Waals surface area contributed by atoms with Gasteiger partial charge in [0.05, 0.1) is 17.9 Å². The molecule has 0 aliphatic carbocycles. The molecule has 0 unspecified atom stereocenters. The first-order valence-electron chi connectivity index (χ1n) is 8.54. The fraction of sp³-hybridized carbons (Fsp3) is 0.300. The molecule has 0 heterocycles. The van der Waals surface area contributed by atoms with E-state index in [1.165, 1.54) is 18.2 Å². The molecule has 2 aromatic rings. The largest absolute Gasteiger partial charge is 0.494 e. The molecule has 5 nitrogen and oxygen atoms in total. The number of hydrogen-bond acceptors (Lipinski definition) is 4. The third-order valence-corrected chi connectivity index (χ3v) is 3.59. The van der Waals surface area contributed by atoms with E-state index in [0.717, 1.165) is 19.3 Å². The Morgan fingerprint density at radius 2 is 1.77 bits per heavy atom. The van der Waals surface area contributed by atoms with E-state index in [2.05, 4.69) is 12.2 Å². The summed E-state index contributed by atoms with van der Waals surface area (Å²) < 4.78 is 24.0. The van der Waals surface area contributed by atoms with Gasteiger partial charge in [-0.05, 0) is 42.8 Å². The monoisotopic (exact) mass is 359 g/mol. The zero-order chi connectivity index (χ0) is 18.8. The highest BCUT2D eigenvalue weighted by Gasteiger charge is 2.12. The minimum absolute atomic E-state index is 0.0399. The summed E-state index contributed by atoms with van der Waals surface area (Å²) in [4.78, 5) is 23.7. The van der Waals surface area contributed by atoms with Crippen LogP contribution in [0.25, 0.3) is 0 Å². The minimum Gasteiger partial charge on any atom is -0.494 e. The lowest BCUT2D eigenvalue weighted by molar-refractivity contribution is -0.119. The van der Waals surface area contributed by atoms with Gasteiger partial charge in [-0.1, -0.05) is 31.9 Å². The van der Waals surface area contributed by atoms with Crippen LogP contribution in [-0.2, 0) is 9.53 Å². The fourth-order valence-corrected chi connectivity index (χ4v) is 2.19. The van der Waals surface area contributed by atoms with E-state index in [4.69, 9.17) is 9.47 Å². The Morgan fingerprint density at radius 1 is 1.04 bits per heavy atom. The van der Waals surface area contributed by atoms with Crippen LogP contribution in [0.4, 0.5) is 10.1 Å². The summed E-state index contributed by atoms with van der Waals surface area (Å²) in [6.07, 6.45) is 3.22. The molecule has 0 fully saturated rings. The van der Waals surface area contributed by atoms with Gasteiger partial charge in [0, 0.05) is 0 Å². The van der Waals surface area contributed by atoms with E-state index in [1.54, 1.807) is 30.3 Å². The first-order chi connectivity index (χ1) is 12.6. The summed E-state index contributed by atoms with van der Waals surface area (Å²) in [5, 5.41) is 2.35. The molecule has 6 heteroatoms. The average Bonchev–Trinajstić information content (AvgIpc) is 2.66. The van der Waals surface area contributed by atoms with Crippen LogP contribution in [0.1, 0.15) is 36.5 Å². The summed E-state index contributed by atoms with van der Waals surface area (Å²) in [5.41, 5.74) is 0.350. The molecule has 2 aromatic carbocycles. The molecular weight excluding hydrogens is 337 g/mol. The molecule has 0 saturated heterocycles. The standard InChI is InChI=1S/C20H22FNO4/c1-2-3-6-13-25-16-11-9-15(10-12-16)20(24)26-14-19(23)22-18-8-5-4-7-17(18)21/h4-5,7-12H,2-3,6,13-14H2,1H3,(H,22,23). The van der Waals surface area contributed by atoms with Gasteiger partial charge in [0.2, 0.25) is 0 Å². The maximum absolute atomic E-state index is 13.4. The van der Waals surface area contributed by atoms with Crippen molar-refractivity contribution in [3.63, 3.8) is 0 Å². The molecule has 0 aromatic heterocycles. The zero-order valence-electron chi connectivity index (χ0n) is 14.7. The maximum atomic E-state index is 13.4. The number of halogens is 1. The number of esters is 1. The molecule has 0 spiro atoms. The van der Waals surface area contributed by atoms with Crippen molar-refractivity contribution in [2.75, 3.05) is 18.5 Å². The number of anilines is 1. The molecule has 0 aliphatic rings. The van der Waals surface area contributed by atoms with Gasteiger partial charge in [-0.25, -0.2) is 9.18 Å². The highest BCUT2D eigenvalue weighted by molar-refractivity contribution is 5.95.